The summed E-state index contributed by atoms with van der Waals surface area (Å²) in [4.78, 5) is 13.7. The Bertz CT molecular complexity index is 469. The number of alkyl halides is 1. The largest absolute Gasteiger partial charge is 0.484 e. The molecular weight excluding hydrogens is 322 g/mol. The molecule has 0 aromatic heterocycles. The molecule has 22 heavy (non-hydrogen) atoms. The lowest BCUT2D eigenvalue weighted by molar-refractivity contribution is -0.133. The maximum atomic E-state index is 11.9. The van der Waals surface area contributed by atoms with Gasteiger partial charge >= 0.3 is 0 Å². The third-order valence-corrected chi connectivity index (χ3v) is 4.63. The Hall–Kier alpha value is -1.07. The van der Waals surface area contributed by atoms with Gasteiger partial charge in [-0.25, -0.2) is 0 Å². The summed E-state index contributed by atoms with van der Waals surface area (Å²) in [6.45, 7) is 3.35. The molecule has 0 bridgehead atoms. The van der Waals surface area contributed by atoms with Crippen LogP contribution in [-0.2, 0) is 22.0 Å². The molecule has 1 fully saturated rings. The summed E-state index contributed by atoms with van der Waals surface area (Å²) in [5.74, 6) is 1.85. The van der Waals surface area contributed by atoms with Crippen LogP contribution in [0.25, 0.3) is 0 Å². The highest BCUT2D eigenvalue weighted by molar-refractivity contribution is 7.85. The zero-order valence-electron chi connectivity index (χ0n) is 13.2. The average molecular weight is 346 g/mol. The van der Waals surface area contributed by atoms with E-state index in [0.29, 0.717) is 24.6 Å². The van der Waals surface area contributed by atoms with Crippen LogP contribution in [0.1, 0.15) is 18.9 Å². The molecule has 4 nitrogen and oxygen atoms in total. The lowest BCUT2D eigenvalue weighted by atomic mass is 10.1. The number of rotatable bonds is 5. The first-order valence-corrected chi connectivity index (χ1v) is 9.65. The fraction of sp³-hybridized carbons (Fsp3) is 0.562. The maximum Gasteiger partial charge on any atom is 0.260 e. The van der Waals surface area contributed by atoms with Gasteiger partial charge in [-0.1, -0.05) is 25.5 Å². The molecule has 0 saturated carbocycles. The molecule has 1 aromatic carbocycles. The lowest BCUT2D eigenvalue weighted by Crippen LogP contribution is -2.43. The normalized spacial score (nSPS) is 15.0. The van der Waals surface area contributed by atoms with Gasteiger partial charge in [0.25, 0.3) is 5.91 Å². The molecule has 0 atom stereocenters. The van der Waals surface area contributed by atoms with Crippen LogP contribution in [-0.4, -0.2) is 52.6 Å². The van der Waals surface area contributed by atoms with Crippen molar-refractivity contribution >= 4 is 28.3 Å². The minimum absolute atomic E-state index is 0.0284. The fourth-order valence-corrected chi connectivity index (χ4v) is 3.22. The zero-order valence-corrected chi connectivity index (χ0v) is 14.8. The van der Waals surface area contributed by atoms with Crippen molar-refractivity contribution in [3.8, 4) is 5.75 Å². The molecule has 2 rings (SSSR count). The number of aryl methyl sites for hydroxylation is 1. The van der Waals surface area contributed by atoms with Crippen LogP contribution in [0.3, 0.4) is 0 Å². The van der Waals surface area contributed by atoms with Gasteiger partial charge in [-0.3, -0.25) is 9.00 Å². The summed E-state index contributed by atoms with van der Waals surface area (Å²) >= 11 is 4.64. The Morgan fingerprint density at radius 1 is 1.23 bits per heavy atom. The molecule has 0 aliphatic carbocycles. The Kier molecular flexibility index (Phi) is 9.16. The van der Waals surface area contributed by atoms with Crippen molar-refractivity contribution in [2.24, 2.45) is 0 Å². The number of hydrogen-bond donors (Lipinski definition) is 0. The molecule has 1 saturated heterocycles. The van der Waals surface area contributed by atoms with Gasteiger partial charge in [-0.05, 0) is 24.1 Å². The maximum absolute atomic E-state index is 11.9. The minimum Gasteiger partial charge on any atom is -0.484 e. The van der Waals surface area contributed by atoms with Gasteiger partial charge in [0.15, 0.2) is 6.61 Å². The quantitative estimate of drug-likeness (QED) is 0.770. The number of ether oxygens (including phenoxy) is 1. The molecule has 1 heterocycles. The van der Waals surface area contributed by atoms with Gasteiger partial charge in [-0.2, -0.15) is 0 Å². The number of carbonyl (C=O) groups excluding carboxylic acids is 1. The van der Waals surface area contributed by atoms with Crippen LogP contribution in [0.5, 0.6) is 5.75 Å². The Labute approximate surface area is 140 Å². The third-order valence-electron chi connectivity index (χ3n) is 3.35. The number of halogens is 1. The summed E-state index contributed by atoms with van der Waals surface area (Å²) in [7, 11) is -0.757. The monoisotopic (exact) mass is 345 g/mol. The van der Waals surface area contributed by atoms with E-state index in [0.717, 1.165) is 18.6 Å². The molecule has 0 N–H and O–H groups in total. The zero-order chi connectivity index (χ0) is 16.4. The lowest BCUT2D eigenvalue weighted by Gasteiger charge is -2.26. The Balaban J connectivity index is 0.00000116. The van der Waals surface area contributed by atoms with E-state index in [1.807, 2.05) is 24.3 Å². The van der Waals surface area contributed by atoms with E-state index in [4.69, 9.17) is 4.74 Å². The highest BCUT2D eigenvalue weighted by Gasteiger charge is 2.20. The molecule has 1 aliphatic rings. The van der Waals surface area contributed by atoms with E-state index in [9.17, 15) is 9.00 Å². The minimum atomic E-state index is -0.757. The first-order valence-electron chi connectivity index (χ1n) is 7.41. The third kappa shape index (κ3) is 6.36. The van der Waals surface area contributed by atoms with Crippen LogP contribution in [0.2, 0.25) is 0 Å². The fourth-order valence-electron chi connectivity index (χ4n) is 2.16. The van der Waals surface area contributed by atoms with Crippen LogP contribution in [0.4, 0.5) is 0 Å². The predicted molar refractivity (Wildman–Crippen MR) is 92.2 cm³/mol. The first kappa shape index (κ1) is 19.0. The number of carbonyl (C=O) groups is 1. The molecular formula is C16H24ClNO3S. The second-order valence-electron chi connectivity index (χ2n) is 4.91. The van der Waals surface area contributed by atoms with Gasteiger partial charge < -0.3 is 9.64 Å². The predicted octanol–water partition coefficient (Wildman–Crippen LogP) is 2.46. The van der Waals surface area contributed by atoms with E-state index in [-0.39, 0.29) is 12.5 Å². The van der Waals surface area contributed by atoms with Crippen LogP contribution in [0.15, 0.2) is 24.3 Å². The van der Waals surface area contributed by atoms with Gasteiger partial charge in [0, 0.05) is 41.8 Å². The second kappa shape index (κ2) is 10.6. The highest BCUT2D eigenvalue weighted by Crippen LogP contribution is 2.13. The van der Waals surface area contributed by atoms with Crippen molar-refractivity contribution < 1.29 is 13.7 Å². The topological polar surface area (TPSA) is 46.6 Å². The smallest absolute Gasteiger partial charge is 0.260 e. The standard InChI is InChI=1S/C15H21NO3S.CH3Cl/c1-2-3-13-4-6-14(7-5-13)19-12-15(17)16-8-10-20(18)11-9-16;1-2/h4-7H,2-3,8-12H2,1H3;1H3. The first-order chi connectivity index (χ1) is 10.7. The number of hydrogen-bond acceptors (Lipinski definition) is 3. The molecule has 1 aromatic rings. The van der Waals surface area contributed by atoms with Gasteiger partial charge in [0.1, 0.15) is 5.75 Å². The van der Waals surface area contributed by atoms with Crippen molar-refractivity contribution in [2.75, 3.05) is 37.6 Å². The van der Waals surface area contributed by atoms with E-state index in [1.165, 1.54) is 11.9 Å². The highest BCUT2D eigenvalue weighted by atomic mass is 35.5. The Morgan fingerprint density at radius 3 is 2.36 bits per heavy atom. The van der Waals surface area contributed by atoms with Crippen LogP contribution < -0.4 is 4.74 Å². The van der Waals surface area contributed by atoms with E-state index in [2.05, 4.69) is 18.5 Å². The van der Waals surface area contributed by atoms with Crippen molar-refractivity contribution in [3.05, 3.63) is 29.8 Å². The molecule has 0 radical (unpaired) electrons. The van der Waals surface area contributed by atoms with Crippen molar-refractivity contribution in [1.82, 2.24) is 4.90 Å². The molecule has 1 amide bonds. The van der Waals surface area contributed by atoms with E-state index >= 15 is 0 Å². The van der Waals surface area contributed by atoms with Gasteiger partial charge in [0.05, 0.1) is 0 Å². The summed E-state index contributed by atoms with van der Waals surface area (Å²) in [6.07, 6.45) is 3.65. The van der Waals surface area contributed by atoms with E-state index < -0.39 is 10.8 Å². The Morgan fingerprint density at radius 2 is 1.82 bits per heavy atom. The summed E-state index contributed by atoms with van der Waals surface area (Å²) < 4.78 is 16.8. The van der Waals surface area contributed by atoms with Crippen molar-refractivity contribution in [1.29, 1.82) is 0 Å². The second-order valence-corrected chi connectivity index (χ2v) is 6.61. The molecule has 1 aliphatic heterocycles. The summed E-state index contributed by atoms with van der Waals surface area (Å²) in [5, 5.41) is 0. The molecule has 0 unspecified atom stereocenters. The number of amides is 1. The SMILES string of the molecule is CCCc1ccc(OCC(=O)N2CCS(=O)CC2)cc1.CCl. The van der Waals surface area contributed by atoms with Crippen molar-refractivity contribution in [2.45, 2.75) is 19.8 Å². The summed E-state index contributed by atoms with van der Waals surface area (Å²) in [6, 6.07) is 7.88. The van der Waals surface area contributed by atoms with Gasteiger partial charge in [0.2, 0.25) is 0 Å². The number of nitrogens with zero attached hydrogens (tertiary/aromatic N) is 1. The van der Waals surface area contributed by atoms with E-state index in [1.54, 1.807) is 4.90 Å². The van der Waals surface area contributed by atoms with Crippen LogP contribution >= 0.6 is 11.6 Å². The molecule has 124 valence electrons. The summed E-state index contributed by atoms with van der Waals surface area (Å²) in [5.41, 5.74) is 1.28. The molecule has 6 heteroatoms. The van der Waals surface area contributed by atoms with Crippen molar-refractivity contribution in [3.63, 3.8) is 0 Å². The van der Waals surface area contributed by atoms with Crippen LogP contribution in [0, 0.1) is 0 Å². The average Bonchev–Trinajstić information content (AvgIpc) is 2.57. The molecule has 0 spiro atoms. The van der Waals surface area contributed by atoms with Gasteiger partial charge in [-0.15, -0.1) is 11.6 Å². The number of benzene rings is 1.